The number of methoxy groups -OCH3 is 1. The summed E-state index contributed by atoms with van der Waals surface area (Å²) in [7, 11) is 1.65. The van der Waals surface area contributed by atoms with E-state index in [0.717, 1.165) is 34.8 Å². The van der Waals surface area contributed by atoms with Gasteiger partial charge >= 0.3 is 0 Å². The molecule has 94 valence electrons. The van der Waals surface area contributed by atoms with Crippen LogP contribution in [-0.2, 0) is 6.42 Å². The van der Waals surface area contributed by atoms with Gasteiger partial charge in [0, 0.05) is 18.1 Å². The van der Waals surface area contributed by atoms with E-state index in [1.54, 1.807) is 13.2 Å². The van der Waals surface area contributed by atoms with Gasteiger partial charge in [0.1, 0.15) is 17.4 Å². The van der Waals surface area contributed by atoms with Gasteiger partial charge in [-0.25, -0.2) is 9.97 Å². The molecule has 1 heterocycles. The normalized spacial score (nSPS) is 10.4. The van der Waals surface area contributed by atoms with E-state index in [1.165, 1.54) is 0 Å². The summed E-state index contributed by atoms with van der Waals surface area (Å²) in [6, 6.07) is 7.76. The molecule has 0 saturated carbocycles. The Kier molecular flexibility index (Phi) is 3.46. The van der Waals surface area contributed by atoms with Gasteiger partial charge in [0.05, 0.1) is 12.8 Å². The average molecular weight is 243 g/mol. The molecule has 4 heteroatoms. The molecule has 4 nitrogen and oxygen atoms in total. The van der Waals surface area contributed by atoms with Crippen LogP contribution in [0.4, 0.5) is 5.82 Å². The quantitative estimate of drug-likeness (QED) is 0.900. The first-order valence-corrected chi connectivity index (χ1v) is 5.92. The lowest BCUT2D eigenvalue weighted by atomic mass is 10.1. The van der Waals surface area contributed by atoms with Gasteiger partial charge in [-0.2, -0.15) is 0 Å². The Morgan fingerprint density at radius 1 is 1.22 bits per heavy atom. The van der Waals surface area contributed by atoms with Gasteiger partial charge in [0.2, 0.25) is 0 Å². The molecule has 1 aromatic heterocycles. The van der Waals surface area contributed by atoms with Crippen molar-refractivity contribution >= 4 is 5.82 Å². The lowest BCUT2D eigenvalue weighted by Gasteiger charge is -2.10. The highest BCUT2D eigenvalue weighted by molar-refractivity contribution is 5.69. The number of rotatable bonds is 3. The maximum atomic E-state index is 5.81. The van der Waals surface area contributed by atoms with Crippen LogP contribution < -0.4 is 10.5 Å². The molecule has 0 unspecified atom stereocenters. The summed E-state index contributed by atoms with van der Waals surface area (Å²) >= 11 is 0. The second kappa shape index (κ2) is 5.04. The van der Waals surface area contributed by atoms with Gasteiger partial charge < -0.3 is 10.5 Å². The number of aromatic nitrogens is 2. The number of anilines is 1. The number of nitrogen functional groups attached to an aromatic ring is 1. The van der Waals surface area contributed by atoms with Crippen LogP contribution in [0.15, 0.2) is 24.3 Å². The van der Waals surface area contributed by atoms with Crippen molar-refractivity contribution in [2.24, 2.45) is 0 Å². The standard InChI is InChI=1S/C14H17N3O/c1-4-14-16-11(8-13(15)17-14)10-7-9(2)5-6-12(10)18-3/h5-8H,4H2,1-3H3,(H2,15,16,17). The van der Waals surface area contributed by atoms with Crippen LogP contribution in [0.2, 0.25) is 0 Å². The molecular weight excluding hydrogens is 226 g/mol. The molecule has 0 aliphatic rings. The third-order valence-corrected chi connectivity index (χ3v) is 2.74. The third-order valence-electron chi connectivity index (χ3n) is 2.74. The molecule has 0 saturated heterocycles. The smallest absolute Gasteiger partial charge is 0.131 e. The molecule has 2 rings (SSSR count). The van der Waals surface area contributed by atoms with Crippen molar-refractivity contribution in [3.05, 3.63) is 35.7 Å². The summed E-state index contributed by atoms with van der Waals surface area (Å²) in [4.78, 5) is 8.68. The molecule has 0 amide bonds. The molecule has 0 aliphatic heterocycles. The van der Waals surface area contributed by atoms with Crippen LogP contribution >= 0.6 is 0 Å². The van der Waals surface area contributed by atoms with Crippen molar-refractivity contribution < 1.29 is 4.74 Å². The fraction of sp³-hybridized carbons (Fsp3) is 0.286. The van der Waals surface area contributed by atoms with E-state index in [2.05, 4.69) is 9.97 Å². The van der Waals surface area contributed by atoms with Crippen LogP contribution in [0.3, 0.4) is 0 Å². The minimum atomic E-state index is 0.486. The monoisotopic (exact) mass is 243 g/mol. The van der Waals surface area contributed by atoms with Crippen molar-refractivity contribution in [2.45, 2.75) is 20.3 Å². The molecule has 1 aromatic carbocycles. The molecule has 0 spiro atoms. The minimum absolute atomic E-state index is 0.486. The lowest BCUT2D eigenvalue weighted by molar-refractivity contribution is 0.416. The van der Waals surface area contributed by atoms with E-state index in [9.17, 15) is 0 Å². The number of aryl methyl sites for hydroxylation is 2. The molecular formula is C14H17N3O. The number of nitrogens with two attached hydrogens (primary N) is 1. The largest absolute Gasteiger partial charge is 0.496 e. The number of ether oxygens (including phenoxy) is 1. The lowest BCUT2D eigenvalue weighted by Crippen LogP contribution is -2.01. The zero-order valence-corrected chi connectivity index (χ0v) is 10.9. The average Bonchev–Trinajstić information content (AvgIpc) is 2.38. The fourth-order valence-electron chi connectivity index (χ4n) is 1.84. The molecule has 2 N–H and O–H groups in total. The Morgan fingerprint density at radius 3 is 2.67 bits per heavy atom. The topological polar surface area (TPSA) is 61.0 Å². The van der Waals surface area contributed by atoms with E-state index in [-0.39, 0.29) is 0 Å². The first-order chi connectivity index (χ1) is 8.63. The van der Waals surface area contributed by atoms with Gasteiger partial charge in [-0.3, -0.25) is 0 Å². The summed E-state index contributed by atoms with van der Waals surface area (Å²) in [6.07, 6.45) is 0.756. The van der Waals surface area contributed by atoms with Crippen molar-refractivity contribution in [2.75, 3.05) is 12.8 Å². The van der Waals surface area contributed by atoms with Gasteiger partial charge in [-0.05, 0) is 19.1 Å². The second-order valence-corrected chi connectivity index (χ2v) is 4.15. The van der Waals surface area contributed by atoms with Crippen LogP contribution in [0, 0.1) is 6.92 Å². The van der Waals surface area contributed by atoms with Crippen LogP contribution in [0.25, 0.3) is 11.3 Å². The predicted molar refractivity (Wildman–Crippen MR) is 72.5 cm³/mol. The van der Waals surface area contributed by atoms with Gasteiger partial charge in [-0.1, -0.05) is 18.6 Å². The van der Waals surface area contributed by atoms with Crippen LogP contribution in [0.5, 0.6) is 5.75 Å². The zero-order chi connectivity index (χ0) is 13.1. The first-order valence-electron chi connectivity index (χ1n) is 5.92. The number of hydrogen-bond acceptors (Lipinski definition) is 4. The second-order valence-electron chi connectivity index (χ2n) is 4.15. The number of benzene rings is 1. The van der Waals surface area contributed by atoms with Crippen molar-refractivity contribution in [3.63, 3.8) is 0 Å². The van der Waals surface area contributed by atoms with Crippen LogP contribution in [-0.4, -0.2) is 17.1 Å². The molecule has 0 fully saturated rings. The van der Waals surface area contributed by atoms with E-state index in [0.29, 0.717) is 5.82 Å². The third kappa shape index (κ3) is 2.42. The summed E-state index contributed by atoms with van der Waals surface area (Å²) in [5.74, 6) is 2.02. The van der Waals surface area contributed by atoms with Crippen molar-refractivity contribution in [1.29, 1.82) is 0 Å². The molecule has 18 heavy (non-hydrogen) atoms. The molecule has 0 aliphatic carbocycles. The van der Waals surface area contributed by atoms with Gasteiger partial charge in [-0.15, -0.1) is 0 Å². The number of nitrogens with zero attached hydrogens (tertiary/aromatic N) is 2. The van der Waals surface area contributed by atoms with Crippen molar-refractivity contribution in [1.82, 2.24) is 9.97 Å². The van der Waals surface area contributed by atoms with Crippen molar-refractivity contribution in [3.8, 4) is 17.0 Å². The van der Waals surface area contributed by atoms with Gasteiger partial charge in [0.15, 0.2) is 0 Å². The fourth-order valence-corrected chi connectivity index (χ4v) is 1.84. The van der Waals surface area contributed by atoms with E-state index in [4.69, 9.17) is 10.5 Å². The Hall–Kier alpha value is -2.10. The summed E-state index contributed by atoms with van der Waals surface area (Å²) < 4.78 is 5.37. The zero-order valence-electron chi connectivity index (χ0n) is 10.9. The molecule has 0 atom stereocenters. The maximum Gasteiger partial charge on any atom is 0.131 e. The summed E-state index contributed by atoms with van der Waals surface area (Å²) in [5, 5.41) is 0. The Balaban J connectivity index is 2.60. The molecule has 0 radical (unpaired) electrons. The highest BCUT2D eigenvalue weighted by Crippen LogP contribution is 2.30. The SMILES string of the molecule is CCc1nc(N)cc(-c2cc(C)ccc2OC)n1. The molecule has 0 bridgehead atoms. The van der Waals surface area contributed by atoms with E-state index in [1.807, 2.05) is 32.0 Å². The van der Waals surface area contributed by atoms with E-state index < -0.39 is 0 Å². The molecule has 2 aromatic rings. The van der Waals surface area contributed by atoms with E-state index >= 15 is 0 Å². The van der Waals surface area contributed by atoms with Gasteiger partial charge in [0.25, 0.3) is 0 Å². The Morgan fingerprint density at radius 2 is 2.00 bits per heavy atom. The number of hydrogen-bond donors (Lipinski definition) is 1. The highest BCUT2D eigenvalue weighted by Gasteiger charge is 2.09. The first kappa shape index (κ1) is 12.4. The summed E-state index contributed by atoms with van der Waals surface area (Å²) in [5.41, 5.74) is 8.71. The Labute approximate surface area is 107 Å². The minimum Gasteiger partial charge on any atom is -0.496 e. The highest BCUT2D eigenvalue weighted by atomic mass is 16.5. The summed E-state index contributed by atoms with van der Waals surface area (Å²) in [6.45, 7) is 4.04. The predicted octanol–water partition coefficient (Wildman–Crippen LogP) is 2.61. The van der Waals surface area contributed by atoms with Crippen LogP contribution in [0.1, 0.15) is 18.3 Å². The Bertz CT molecular complexity index is 567. The maximum absolute atomic E-state index is 5.81.